The number of rotatable bonds is 5. The quantitative estimate of drug-likeness (QED) is 0.190. The van der Waals surface area contributed by atoms with Gasteiger partial charge < -0.3 is 20.2 Å². The number of nitrogens with one attached hydrogen (secondary N) is 1. The largest absolute Gasteiger partial charge is 0.508 e. The number of alkyl halides is 6. The van der Waals surface area contributed by atoms with Crippen LogP contribution in [0.2, 0.25) is 0 Å². The number of piperazine rings is 1. The maximum atomic E-state index is 13.3. The minimum absolute atomic E-state index is 0.00882. The number of hydrogen-bond acceptors (Lipinski definition) is 5. The Labute approximate surface area is 264 Å². The molecule has 8 nitrogen and oxygen atoms in total. The monoisotopic (exact) mass is 652 g/mol. The van der Waals surface area contributed by atoms with E-state index in [9.17, 15) is 36.2 Å². The average Bonchev–Trinajstić information content (AvgIpc) is 3.50. The maximum Gasteiger partial charge on any atom is 0.416 e. The van der Waals surface area contributed by atoms with Gasteiger partial charge in [-0.05, 0) is 60.2 Å². The second-order valence-electron chi connectivity index (χ2n) is 10.8. The predicted octanol–water partition coefficient (Wildman–Crippen LogP) is 7.70. The fourth-order valence-electron chi connectivity index (χ4n) is 5.29. The first-order valence-corrected chi connectivity index (χ1v) is 14.4. The van der Waals surface area contributed by atoms with Crippen LogP contribution in [0.4, 0.5) is 42.6 Å². The number of amides is 2. The van der Waals surface area contributed by atoms with E-state index in [0.717, 1.165) is 16.8 Å². The highest BCUT2D eigenvalue weighted by Gasteiger charge is 2.37. The van der Waals surface area contributed by atoms with Crippen LogP contribution in [0.25, 0.3) is 28.1 Å². The van der Waals surface area contributed by atoms with Gasteiger partial charge >= 0.3 is 18.4 Å². The standard InChI is InChI=1S/C33H26F6N6O2/c34-32(35,36)23-17-24(33(37,38)39)19-25(18-23)41-31(47)44-13-11-43(12-14-44)29-16-21(9-10-40-29)28-20-45(26-6-2-1-3-7-26)42-30(28)22-5-4-8-27(46)15-22/h1-10,15-20,46H,11-14H2,(H,41,47). The average molecular weight is 653 g/mol. The first-order valence-electron chi connectivity index (χ1n) is 14.4. The molecular weight excluding hydrogens is 626 g/mol. The number of hydrogen-bond donors (Lipinski definition) is 2. The summed E-state index contributed by atoms with van der Waals surface area (Å²) in [7, 11) is 0. The Morgan fingerprint density at radius 3 is 2.09 bits per heavy atom. The Morgan fingerprint density at radius 1 is 0.766 bits per heavy atom. The summed E-state index contributed by atoms with van der Waals surface area (Å²) in [6.45, 7) is 0.901. The Kier molecular flexibility index (Phi) is 8.26. The first-order chi connectivity index (χ1) is 22.3. The molecule has 0 atom stereocenters. The molecule has 2 aromatic heterocycles. The van der Waals surface area contributed by atoms with Gasteiger partial charge in [0, 0.05) is 55.4 Å². The third-order valence-electron chi connectivity index (χ3n) is 7.64. The third-order valence-corrected chi connectivity index (χ3v) is 7.64. The summed E-state index contributed by atoms with van der Waals surface area (Å²) in [5.41, 5.74) is 0.111. The van der Waals surface area contributed by atoms with Gasteiger partial charge in [0.2, 0.25) is 0 Å². The lowest BCUT2D eigenvalue weighted by Crippen LogP contribution is -2.50. The highest BCUT2D eigenvalue weighted by atomic mass is 19.4. The van der Waals surface area contributed by atoms with E-state index in [4.69, 9.17) is 5.10 Å². The fraction of sp³-hybridized carbons (Fsp3) is 0.182. The van der Waals surface area contributed by atoms with Crippen molar-refractivity contribution in [1.82, 2.24) is 19.7 Å². The van der Waals surface area contributed by atoms with Gasteiger partial charge in [-0.2, -0.15) is 31.4 Å². The topological polar surface area (TPSA) is 86.5 Å². The molecule has 0 saturated carbocycles. The number of nitrogens with zero attached hydrogens (tertiary/aromatic N) is 5. The Morgan fingerprint density at radius 2 is 1.45 bits per heavy atom. The van der Waals surface area contributed by atoms with E-state index in [1.54, 1.807) is 29.1 Å². The molecule has 0 aliphatic carbocycles. The number of carbonyl (C=O) groups excluding carboxylic acids is 1. The highest BCUT2D eigenvalue weighted by Crippen LogP contribution is 2.38. The summed E-state index contributed by atoms with van der Waals surface area (Å²) in [6, 6.07) is 20.1. The summed E-state index contributed by atoms with van der Waals surface area (Å²) in [4.78, 5) is 20.6. The number of urea groups is 1. The molecule has 2 N–H and O–H groups in total. The third kappa shape index (κ3) is 7.00. The van der Waals surface area contributed by atoms with Crippen LogP contribution >= 0.6 is 0 Å². The Hall–Kier alpha value is -5.53. The molecule has 14 heteroatoms. The number of halogens is 6. The van der Waals surface area contributed by atoms with Crippen molar-refractivity contribution in [3.05, 3.63) is 108 Å². The van der Waals surface area contributed by atoms with Crippen LogP contribution in [0.3, 0.4) is 0 Å². The van der Waals surface area contributed by atoms with Crippen molar-refractivity contribution in [2.24, 2.45) is 0 Å². The number of aromatic nitrogens is 3. The van der Waals surface area contributed by atoms with Crippen molar-refractivity contribution < 1.29 is 36.2 Å². The van der Waals surface area contributed by atoms with Gasteiger partial charge in [-0.15, -0.1) is 0 Å². The molecule has 2 amide bonds. The van der Waals surface area contributed by atoms with Crippen molar-refractivity contribution in [3.63, 3.8) is 0 Å². The molecule has 3 heterocycles. The summed E-state index contributed by atoms with van der Waals surface area (Å²) >= 11 is 0. The van der Waals surface area contributed by atoms with Crippen molar-refractivity contribution in [2.75, 3.05) is 36.4 Å². The second kappa shape index (κ2) is 12.3. The zero-order valence-electron chi connectivity index (χ0n) is 24.4. The van der Waals surface area contributed by atoms with Crippen LogP contribution in [0.5, 0.6) is 5.75 Å². The molecule has 1 fully saturated rings. The highest BCUT2D eigenvalue weighted by molar-refractivity contribution is 5.90. The summed E-state index contributed by atoms with van der Waals surface area (Å²) in [6.07, 6.45) is -6.54. The lowest BCUT2D eigenvalue weighted by molar-refractivity contribution is -0.143. The van der Waals surface area contributed by atoms with Crippen molar-refractivity contribution in [1.29, 1.82) is 0 Å². The smallest absolute Gasteiger partial charge is 0.416 e. The summed E-state index contributed by atoms with van der Waals surface area (Å²) in [5, 5.41) is 17.1. The first kappa shape index (κ1) is 31.5. The Bertz CT molecular complexity index is 1870. The van der Waals surface area contributed by atoms with Crippen molar-refractivity contribution in [2.45, 2.75) is 12.4 Å². The molecule has 1 aliphatic heterocycles. The van der Waals surface area contributed by atoms with E-state index >= 15 is 0 Å². The normalized spacial score (nSPS) is 13.9. The molecule has 0 unspecified atom stereocenters. The van der Waals surface area contributed by atoms with E-state index < -0.39 is 35.2 Å². The summed E-state index contributed by atoms with van der Waals surface area (Å²) < 4.78 is 81.3. The SMILES string of the molecule is O=C(Nc1cc(C(F)(F)F)cc(C(F)(F)F)c1)N1CCN(c2cc(-c3cn(-c4ccccc4)nc3-c3cccc(O)c3)ccn2)CC1. The van der Waals surface area contributed by atoms with Gasteiger partial charge in [-0.3, -0.25) is 0 Å². The van der Waals surface area contributed by atoms with Crippen molar-refractivity contribution in [3.8, 4) is 33.8 Å². The number of pyridine rings is 1. The van der Waals surface area contributed by atoms with Crippen molar-refractivity contribution >= 4 is 17.5 Å². The number of carbonyl (C=O) groups is 1. The van der Waals surface area contributed by atoms with E-state index in [-0.39, 0.29) is 24.9 Å². The van der Waals surface area contributed by atoms with Crippen LogP contribution in [0.1, 0.15) is 11.1 Å². The zero-order valence-corrected chi connectivity index (χ0v) is 24.4. The van der Waals surface area contributed by atoms with E-state index in [1.165, 1.54) is 4.90 Å². The fourth-order valence-corrected chi connectivity index (χ4v) is 5.29. The van der Waals surface area contributed by atoms with Gasteiger partial charge in [0.15, 0.2) is 0 Å². The zero-order chi connectivity index (χ0) is 33.3. The van der Waals surface area contributed by atoms with Crippen LogP contribution in [0.15, 0.2) is 97.3 Å². The molecule has 0 radical (unpaired) electrons. The summed E-state index contributed by atoms with van der Waals surface area (Å²) in [5.74, 6) is 0.693. The minimum Gasteiger partial charge on any atom is -0.508 e. The minimum atomic E-state index is -5.03. The van der Waals surface area contributed by atoms with E-state index in [1.807, 2.05) is 59.6 Å². The van der Waals surface area contributed by atoms with Gasteiger partial charge in [-0.25, -0.2) is 14.5 Å². The molecule has 1 saturated heterocycles. The lowest BCUT2D eigenvalue weighted by atomic mass is 10.0. The molecule has 47 heavy (non-hydrogen) atoms. The molecule has 0 spiro atoms. The van der Waals surface area contributed by atoms with Crippen LogP contribution in [-0.4, -0.2) is 57.0 Å². The lowest BCUT2D eigenvalue weighted by Gasteiger charge is -2.35. The van der Waals surface area contributed by atoms with Gasteiger partial charge in [0.05, 0.1) is 16.8 Å². The predicted molar refractivity (Wildman–Crippen MR) is 163 cm³/mol. The van der Waals surface area contributed by atoms with Crippen LogP contribution in [-0.2, 0) is 12.4 Å². The van der Waals surface area contributed by atoms with Gasteiger partial charge in [0.1, 0.15) is 17.3 Å². The molecule has 1 aliphatic rings. The molecule has 0 bridgehead atoms. The number of phenols is 1. The second-order valence-corrected chi connectivity index (χ2v) is 10.8. The van der Waals surface area contributed by atoms with E-state index in [0.29, 0.717) is 42.3 Å². The number of benzene rings is 3. The molecule has 242 valence electrons. The van der Waals surface area contributed by atoms with Gasteiger partial charge in [0.25, 0.3) is 0 Å². The molecular formula is C33H26F6N6O2. The van der Waals surface area contributed by atoms with Crippen LogP contribution in [0, 0.1) is 0 Å². The number of para-hydroxylation sites is 1. The Balaban J connectivity index is 1.20. The number of phenolic OH excluding ortho intramolecular Hbond substituents is 1. The number of aromatic hydroxyl groups is 1. The van der Waals surface area contributed by atoms with E-state index in [2.05, 4.69) is 10.3 Å². The molecule has 3 aromatic carbocycles. The van der Waals surface area contributed by atoms with Gasteiger partial charge in [-0.1, -0.05) is 30.3 Å². The maximum absolute atomic E-state index is 13.3. The van der Waals surface area contributed by atoms with Crippen LogP contribution < -0.4 is 10.2 Å². The molecule has 5 aromatic rings. The molecule has 6 rings (SSSR count). The number of anilines is 2.